The van der Waals surface area contributed by atoms with Crippen LogP contribution in [-0.4, -0.2) is 57.8 Å². The first-order valence-electron chi connectivity index (χ1n) is 17.8. The van der Waals surface area contributed by atoms with Gasteiger partial charge in [-0.15, -0.1) is 11.3 Å². The third kappa shape index (κ3) is 7.96. The Morgan fingerprint density at radius 2 is 1.87 bits per heavy atom. The summed E-state index contributed by atoms with van der Waals surface area (Å²) in [7, 11) is 0. The van der Waals surface area contributed by atoms with E-state index < -0.39 is 17.1 Å². The van der Waals surface area contributed by atoms with E-state index in [2.05, 4.69) is 54.9 Å². The smallest absolute Gasteiger partial charge is 0.317 e. The third-order valence-corrected chi connectivity index (χ3v) is 12.2. The topological polar surface area (TPSA) is 89.9 Å². The maximum absolute atomic E-state index is 14.3. The zero-order chi connectivity index (χ0) is 32.9. The number of allylic oxidation sites excluding steroid dienone is 2. The van der Waals surface area contributed by atoms with Gasteiger partial charge in [0.2, 0.25) is 0 Å². The molecule has 2 amide bonds. The Bertz CT molecular complexity index is 1360. The summed E-state index contributed by atoms with van der Waals surface area (Å²) in [6, 6.07) is 10.3. The van der Waals surface area contributed by atoms with E-state index in [-0.39, 0.29) is 36.2 Å². The van der Waals surface area contributed by atoms with E-state index in [0.717, 1.165) is 74.5 Å². The fourth-order valence-corrected chi connectivity index (χ4v) is 9.10. The van der Waals surface area contributed by atoms with Crippen LogP contribution >= 0.6 is 11.3 Å². The van der Waals surface area contributed by atoms with Crippen LogP contribution in [0.15, 0.2) is 47.4 Å². The van der Waals surface area contributed by atoms with Crippen LogP contribution in [0.3, 0.4) is 0 Å². The number of nitrogens with zero attached hydrogens (tertiary/aromatic N) is 1. The highest BCUT2D eigenvalue weighted by Gasteiger charge is 2.57. The van der Waals surface area contributed by atoms with Gasteiger partial charge in [0, 0.05) is 34.4 Å². The van der Waals surface area contributed by atoms with E-state index >= 15 is 0 Å². The van der Waals surface area contributed by atoms with E-state index in [9.17, 15) is 19.8 Å². The Morgan fingerprint density at radius 3 is 2.59 bits per heavy atom. The molecule has 6 nitrogen and oxygen atoms in total. The van der Waals surface area contributed by atoms with Gasteiger partial charge in [-0.05, 0) is 120 Å². The highest BCUT2D eigenvalue weighted by atomic mass is 32.1. The van der Waals surface area contributed by atoms with Gasteiger partial charge in [-0.1, -0.05) is 56.0 Å². The van der Waals surface area contributed by atoms with Gasteiger partial charge < -0.3 is 20.4 Å². The fraction of sp³-hybridized carbons (Fsp3) is 0.641. The van der Waals surface area contributed by atoms with Crippen LogP contribution in [0.4, 0.5) is 4.79 Å². The zero-order valence-electron chi connectivity index (χ0n) is 28.5. The first-order valence-corrected chi connectivity index (χ1v) is 18.7. The summed E-state index contributed by atoms with van der Waals surface area (Å²) >= 11 is 1.69. The molecule has 6 rings (SSSR count). The number of nitrogens with one attached hydrogen (secondary N) is 1. The number of urea groups is 1. The molecule has 4 unspecified atom stereocenters. The van der Waals surface area contributed by atoms with Gasteiger partial charge in [0.05, 0.1) is 18.2 Å². The molecule has 1 aromatic carbocycles. The number of benzene rings is 1. The number of carbonyl (C=O) groups excluding carboxylic acids is 2. The lowest BCUT2D eigenvalue weighted by Gasteiger charge is -2.46. The zero-order valence-corrected chi connectivity index (χ0v) is 29.3. The Labute approximate surface area is 280 Å². The summed E-state index contributed by atoms with van der Waals surface area (Å²) in [6.45, 7) is 9.07. The molecule has 2 aromatic rings. The molecule has 2 bridgehead atoms. The molecule has 0 spiro atoms. The number of Topliss-reactive ketones (excluding diaryl/α,β-unsaturated/α-hetero) is 1. The molecular weight excluding hydrogens is 593 g/mol. The Morgan fingerprint density at radius 1 is 1.09 bits per heavy atom. The van der Waals surface area contributed by atoms with E-state index in [4.69, 9.17) is 0 Å². The molecule has 4 atom stereocenters. The first kappa shape index (κ1) is 34.8. The Hall–Kier alpha value is -2.48. The van der Waals surface area contributed by atoms with Crippen molar-refractivity contribution in [3.63, 3.8) is 0 Å². The van der Waals surface area contributed by atoms with Crippen molar-refractivity contribution in [2.24, 2.45) is 11.3 Å². The quantitative estimate of drug-likeness (QED) is 0.199. The number of carbonyl (C=O) groups is 2. The molecule has 252 valence electrons. The lowest BCUT2D eigenvalue weighted by molar-refractivity contribution is -0.0769. The third-order valence-electron chi connectivity index (χ3n) is 11.3. The van der Waals surface area contributed by atoms with Gasteiger partial charge in [-0.25, -0.2) is 4.79 Å². The van der Waals surface area contributed by atoms with Gasteiger partial charge in [-0.2, -0.15) is 0 Å². The van der Waals surface area contributed by atoms with Gasteiger partial charge in [0.25, 0.3) is 0 Å². The minimum Gasteiger partial charge on any atom is -0.393 e. The van der Waals surface area contributed by atoms with Crippen LogP contribution in [-0.2, 0) is 12.8 Å². The monoisotopic (exact) mass is 648 g/mol. The molecule has 1 heterocycles. The van der Waals surface area contributed by atoms with E-state index in [1.807, 2.05) is 24.8 Å². The van der Waals surface area contributed by atoms with Crippen LogP contribution in [0.25, 0.3) is 0 Å². The number of ketones is 1. The SMILES string of the molecule is CC1=CCCC2(C)C(CCC2(O)CN(CCc2cccs2)C(=O)NC(C)C)c2ccc(cc2C(=O)C2CCCCC2)CC(O)CC1. The van der Waals surface area contributed by atoms with Crippen molar-refractivity contribution in [2.75, 3.05) is 13.1 Å². The summed E-state index contributed by atoms with van der Waals surface area (Å²) in [5, 5.41) is 28.9. The molecule has 3 N–H and O–H groups in total. The van der Waals surface area contributed by atoms with E-state index in [1.165, 1.54) is 16.9 Å². The predicted molar refractivity (Wildman–Crippen MR) is 188 cm³/mol. The lowest BCUT2D eigenvalue weighted by atomic mass is 9.64. The minimum atomic E-state index is -1.12. The molecule has 0 radical (unpaired) electrons. The number of thiophene rings is 1. The van der Waals surface area contributed by atoms with Crippen LogP contribution in [0.1, 0.15) is 131 Å². The van der Waals surface area contributed by atoms with Crippen molar-refractivity contribution in [1.29, 1.82) is 0 Å². The summed E-state index contributed by atoms with van der Waals surface area (Å²) in [4.78, 5) is 31.0. The summed E-state index contributed by atoms with van der Waals surface area (Å²) in [5.74, 6) is 0.250. The molecule has 0 saturated heterocycles. The number of hydrogen-bond acceptors (Lipinski definition) is 5. The van der Waals surface area contributed by atoms with Crippen LogP contribution in [0, 0.1) is 11.3 Å². The number of fused-ring (bicyclic) bond motifs is 8. The number of rotatable bonds is 8. The van der Waals surface area contributed by atoms with Crippen molar-refractivity contribution in [3.05, 3.63) is 68.9 Å². The number of amides is 2. The van der Waals surface area contributed by atoms with Crippen molar-refractivity contribution in [1.82, 2.24) is 10.2 Å². The Kier molecular flexibility index (Phi) is 11.5. The van der Waals surface area contributed by atoms with E-state index in [1.54, 1.807) is 11.3 Å². The van der Waals surface area contributed by atoms with Gasteiger partial charge in [0.15, 0.2) is 5.78 Å². The molecule has 4 aliphatic rings. The highest BCUT2D eigenvalue weighted by molar-refractivity contribution is 7.09. The molecule has 2 saturated carbocycles. The molecule has 7 heteroatoms. The van der Waals surface area contributed by atoms with Crippen molar-refractivity contribution in [2.45, 2.75) is 135 Å². The average Bonchev–Trinajstić information content (AvgIpc) is 3.64. The molecule has 46 heavy (non-hydrogen) atoms. The van der Waals surface area contributed by atoms with Crippen molar-refractivity contribution >= 4 is 23.2 Å². The second-order valence-electron chi connectivity index (χ2n) is 15.0. The lowest BCUT2D eigenvalue weighted by Crippen LogP contribution is -2.56. The van der Waals surface area contributed by atoms with E-state index in [0.29, 0.717) is 25.8 Å². The summed E-state index contributed by atoms with van der Waals surface area (Å²) in [5.41, 5.74) is 2.42. The summed E-state index contributed by atoms with van der Waals surface area (Å²) < 4.78 is 0. The number of aliphatic hydroxyl groups is 2. The second-order valence-corrected chi connectivity index (χ2v) is 16.0. The summed E-state index contributed by atoms with van der Waals surface area (Å²) in [6.07, 6.45) is 12.7. The molecule has 1 aromatic heterocycles. The molecule has 4 aliphatic carbocycles. The van der Waals surface area contributed by atoms with Crippen molar-refractivity contribution < 1.29 is 19.8 Å². The van der Waals surface area contributed by atoms with Crippen LogP contribution in [0.5, 0.6) is 0 Å². The average molecular weight is 649 g/mol. The minimum absolute atomic E-state index is 0.00819. The highest BCUT2D eigenvalue weighted by Crippen LogP contribution is 2.59. The number of aliphatic hydroxyl groups excluding tert-OH is 1. The van der Waals surface area contributed by atoms with Gasteiger partial charge in [0.1, 0.15) is 0 Å². The maximum Gasteiger partial charge on any atom is 0.317 e. The van der Waals surface area contributed by atoms with Crippen LogP contribution in [0.2, 0.25) is 0 Å². The normalized spacial score (nSPS) is 27.6. The first-order chi connectivity index (χ1) is 22.0. The van der Waals surface area contributed by atoms with Crippen molar-refractivity contribution in [3.8, 4) is 0 Å². The number of hydrogen-bond donors (Lipinski definition) is 3. The molecule has 0 aliphatic heterocycles. The van der Waals surface area contributed by atoms with Crippen LogP contribution < -0.4 is 5.32 Å². The van der Waals surface area contributed by atoms with Gasteiger partial charge >= 0.3 is 6.03 Å². The van der Waals surface area contributed by atoms with Gasteiger partial charge in [-0.3, -0.25) is 4.79 Å². The fourth-order valence-electron chi connectivity index (χ4n) is 8.40. The standard InChI is InChI=1S/C39H56N2O4S/c1-27(2)40-37(44)41(22-19-32-13-9-23-46-32)26-39(45)21-18-35-33-17-15-29(25-34(33)36(43)30-11-6-5-7-12-30)24-31(42)16-14-28(3)10-8-20-38(35,39)4/h9-10,13,15,17,23,25,27,30-31,35,42,45H,5-8,11-12,14,16,18-22,24,26H2,1-4H3,(H,40,44). The maximum atomic E-state index is 14.3. The molecule has 2 fully saturated rings. The second kappa shape index (κ2) is 15.2. The molecular formula is C39H56N2O4S. The Balaban J connectivity index is 1.54. The largest absolute Gasteiger partial charge is 0.393 e. The predicted octanol–water partition coefficient (Wildman–Crippen LogP) is 8.21.